The SMILES string of the molecule is CC(O)(Cc1ccc(NS(=O)(=O)c2ccccc2)cc1)C(=O)NCl. The van der Waals surface area contributed by atoms with Crippen molar-refractivity contribution in [2.75, 3.05) is 4.72 Å². The third-order valence-electron chi connectivity index (χ3n) is 3.38. The number of hydrogen-bond acceptors (Lipinski definition) is 4. The molecule has 128 valence electrons. The van der Waals surface area contributed by atoms with Gasteiger partial charge in [0.15, 0.2) is 0 Å². The highest BCUT2D eigenvalue weighted by Gasteiger charge is 2.30. The lowest BCUT2D eigenvalue weighted by Gasteiger charge is -2.20. The zero-order valence-corrected chi connectivity index (χ0v) is 14.4. The number of carbonyl (C=O) groups excluding carboxylic acids is 1. The number of nitrogens with one attached hydrogen (secondary N) is 2. The molecule has 2 rings (SSSR count). The van der Waals surface area contributed by atoms with Crippen molar-refractivity contribution in [3.8, 4) is 0 Å². The number of aliphatic hydroxyl groups is 1. The fourth-order valence-corrected chi connectivity index (χ4v) is 3.37. The first kappa shape index (κ1) is 18.3. The predicted molar refractivity (Wildman–Crippen MR) is 92.0 cm³/mol. The molecule has 0 aromatic heterocycles. The Labute approximate surface area is 145 Å². The normalized spacial score (nSPS) is 13.8. The standard InChI is InChI=1S/C16H17ClN2O4S/c1-16(21,15(20)18-17)11-12-7-9-13(10-8-12)19-24(22,23)14-5-3-2-4-6-14/h2-10,19,21H,11H2,1H3,(H,18,20). The first-order chi connectivity index (χ1) is 11.2. The molecule has 2 aromatic carbocycles. The first-order valence-corrected chi connectivity index (χ1v) is 8.91. The van der Waals surface area contributed by atoms with Crippen LogP contribution in [0.4, 0.5) is 5.69 Å². The topological polar surface area (TPSA) is 95.5 Å². The molecule has 2 aromatic rings. The maximum atomic E-state index is 12.2. The molecule has 3 N–H and O–H groups in total. The van der Waals surface area contributed by atoms with Gasteiger partial charge in [0, 0.05) is 23.9 Å². The van der Waals surface area contributed by atoms with E-state index in [1.807, 2.05) is 4.84 Å². The van der Waals surface area contributed by atoms with Crippen molar-refractivity contribution in [1.29, 1.82) is 0 Å². The van der Waals surface area contributed by atoms with Crippen LogP contribution in [0.15, 0.2) is 59.5 Å². The van der Waals surface area contributed by atoms with Crippen LogP contribution in [-0.2, 0) is 21.2 Å². The molecule has 0 fully saturated rings. The van der Waals surface area contributed by atoms with Crippen LogP contribution in [0.5, 0.6) is 0 Å². The van der Waals surface area contributed by atoms with Crippen LogP contribution >= 0.6 is 11.8 Å². The van der Waals surface area contributed by atoms with Gasteiger partial charge in [0.25, 0.3) is 15.9 Å². The molecule has 24 heavy (non-hydrogen) atoms. The molecule has 0 heterocycles. The maximum Gasteiger partial charge on any atom is 0.266 e. The molecular formula is C16H17ClN2O4S. The zero-order chi connectivity index (χ0) is 17.8. The minimum atomic E-state index is -3.66. The van der Waals surface area contributed by atoms with E-state index in [1.165, 1.54) is 19.1 Å². The number of sulfonamides is 1. The van der Waals surface area contributed by atoms with Crippen LogP contribution in [0.3, 0.4) is 0 Å². The van der Waals surface area contributed by atoms with E-state index < -0.39 is 21.5 Å². The number of benzene rings is 2. The maximum absolute atomic E-state index is 12.2. The van der Waals surface area contributed by atoms with Gasteiger partial charge >= 0.3 is 0 Å². The van der Waals surface area contributed by atoms with Gasteiger partial charge in [-0.1, -0.05) is 30.3 Å². The third kappa shape index (κ3) is 4.47. The Kier molecular flexibility index (Phi) is 5.48. The summed E-state index contributed by atoms with van der Waals surface area (Å²) >= 11 is 5.22. The van der Waals surface area contributed by atoms with Crippen molar-refractivity contribution in [3.63, 3.8) is 0 Å². The Balaban J connectivity index is 2.12. The molecule has 1 amide bonds. The van der Waals surface area contributed by atoms with Crippen molar-refractivity contribution < 1.29 is 18.3 Å². The lowest BCUT2D eigenvalue weighted by atomic mass is 9.96. The Morgan fingerprint density at radius 2 is 1.71 bits per heavy atom. The number of amides is 1. The van der Waals surface area contributed by atoms with Gasteiger partial charge in [-0.25, -0.2) is 8.42 Å². The molecule has 1 atom stereocenters. The average molecular weight is 369 g/mol. The molecule has 8 heteroatoms. The molecule has 6 nitrogen and oxygen atoms in total. The van der Waals surface area contributed by atoms with Gasteiger partial charge in [-0.05, 0) is 36.8 Å². The van der Waals surface area contributed by atoms with E-state index in [2.05, 4.69) is 4.72 Å². The molecule has 0 bridgehead atoms. The molecule has 0 aliphatic heterocycles. The minimum absolute atomic E-state index is 0.0390. The summed E-state index contributed by atoms with van der Waals surface area (Å²) in [5.74, 6) is -0.710. The molecule has 0 radical (unpaired) electrons. The average Bonchev–Trinajstić information content (AvgIpc) is 2.56. The number of carbonyl (C=O) groups is 1. The smallest absolute Gasteiger partial charge is 0.266 e. The van der Waals surface area contributed by atoms with Gasteiger partial charge in [-0.3, -0.25) is 14.4 Å². The van der Waals surface area contributed by atoms with Gasteiger partial charge in [0.1, 0.15) is 5.60 Å². The summed E-state index contributed by atoms with van der Waals surface area (Å²) in [4.78, 5) is 13.5. The highest BCUT2D eigenvalue weighted by Crippen LogP contribution is 2.19. The first-order valence-electron chi connectivity index (χ1n) is 7.05. The zero-order valence-electron chi connectivity index (χ0n) is 12.9. The number of anilines is 1. The summed E-state index contributed by atoms with van der Waals surface area (Å²) in [5, 5.41) is 10.0. The highest BCUT2D eigenvalue weighted by molar-refractivity contribution is 7.92. The Hall–Kier alpha value is -2.09. The Morgan fingerprint density at radius 3 is 2.25 bits per heavy atom. The second-order valence-corrected chi connectivity index (χ2v) is 7.36. The van der Waals surface area contributed by atoms with E-state index in [-0.39, 0.29) is 11.3 Å². The van der Waals surface area contributed by atoms with E-state index in [0.29, 0.717) is 11.3 Å². The van der Waals surface area contributed by atoms with Crippen molar-refractivity contribution >= 4 is 33.4 Å². The largest absolute Gasteiger partial charge is 0.380 e. The van der Waals surface area contributed by atoms with Crippen LogP contribution in [0.25, 0.3) is 0 Å². The fraction of sp³-hybridized carbons (Fsp3) is 0.188. The molecular weight excluding hydrogens is 352 g/mol. The Bertz CT molecular complexity index is 806. The second kappa shape index (κ2) is 7.21. The van der Waals surface area contributed by atoms with Crippen molar-refractivity contribution in [3.05, 3.63) is 60.2 Å². The monoisotopic (exact) mass is 368 g/mol. The van der Waals surface area contributed by atoms with Gasteiger partial charge in [-0.2, -0.15) is 0 Å². The van der Waals surface area contributed by atoms with Crippen LogP contribution in [0, 0.1) is 0 Å². The van der Waals surface area contributed by atoms with Crippen LogP contribution < -0.4 is 9.56 Å². The van der Waals surface area contributed by atoms with Crippen molar-refractivity contribution in [2.24, 2.45) is 0 Å². The lowest BCUT2D eigenvalue weighted by molar-refractivity contribution is -0.136. The van der Waals surface area contributed by atoms with Crippen LogP contribution in [0.1, 0.15) is 12.5 Å². The van der Waals surface area contributed by atoms with Crippen LogP contribution in [-0.4, -0.2) is 25.0 Å². The summed E-state index contributed by atoms with van der Waals surface area (Å²) in [5.41, 5.74) is -0.626. The second-order valence-electron chi connectivity index (χ2n) is 5.49. The minimum Gasteiger partial charge on any atom is -0.380 e. The highest BCUT2D eigenvalue weighted by atomic mass is 35.5. The molecule has 0 saturated heterocycles. The number of halogens is 1. The van der Waals surface area contributed by atoms with E-state index >= 15 is 0 Å². The summed E-state index contributed by atoms with van der Waals surface area (Å²) in [6.45, 7) is 1.34. The van der Waals surface area contributed by atoms with Crippen molar-refractivity contribution in [2.45, 2.75) is 23.8 Å². The van der Waals surface area contributed by atoms with E-state index in [0.717, 1.165) is 0 Å². The number of rotatable bonds is 6. The third-order valence-corrected chi connectivity index (χ3v) is 4.95. The van der Waals surface area contributed by atoms with Crippen LogP contribution in [0.2, 0.25) is 0 Å². The van der Waals surface area contributed by atoms with Gasteiger partial charge in [0.2, 0.25) is 0 Å². The fourth-order valence-electron chi connectivity index (χ4n) is 2.08. The quantitative estimate of drug-likeness (QED) is 0.680. The van der Waals surface area contributed by atoms with E-state index in [1.54, 1.807) is 42.5 Å². The molecule has 0 spiro atoms. The lowest BCUT2D eigenvalue weighted by Crippen LogP contribution is -2.42. The predicted octanol–water partition coefficient (Wildman–Crippen LogP) is 2.05. The summed E-state index contributed by atoms with van der Waals surface area (Å²) in [6, 6.07) is 14.4. The molecule has 0 aliphatic carbocycles. The Morgan fingerprint density at radius 1 is 1.12 bits per heavy atom. The van der Waals surface area contributed by atoms with E-state index in [4.69, 9.17) is 11.8 Å². The van der Waals surface area contributed by atoms with Gasteiger partial charge in [-0.15, -0.1) is 0 Å². The summed E-state index contributed by atoms with van der Waals surface area (Å²) in [6.07, 6.45) is 0.0390. The number of hydrogen-bond donors (Lipinski definition) is 3. The molecule has 1 unspecified atom stereocenters. The molecule has 0 aliphatic rings. The van der Waals surface area contributed by atoms with Gasteiger partial charge < -0.3 is 5.11 Å². The molecule has 0 saturated carbocycles. The summed E-state index contributed by atoms with van der Waals surface area (Å²) < 4.78 is 26.9. The summed E-state index contributed by atoms with van der Waals surface area (Å²) in [7, 11) is -3.66. The van der Waals surface area contributed by atoms with Gasteiger partial charge in [0.05, 0.1) is 4.90 Å². The van der Waals surface area contributed by atoms with Crippen molar-refractivity contribution in [1.82, 2.24) is 4.84 Å². The van der Waals surface area contributed by atoms with E-state index in [9.17, 15) is 18.3 Å².